The average molecular weight is 285 g/mol. The molecule has 0 spiro atoms. The predicted octanol–water partition coefficient (Wildman–Crippen LogP) is 1.91. The van der Waals surface area contributed by atoms with Gasteiger partial charge in [-0.15, -0.1) is 0 Å². The van der Waals surface area contributed by atoms with Gasteiger partial charge < -0.3 is 5.73 Å². The lowest BCUT2D eigenvalue weighted by Crippen LogP contribution is -2.37. The summed E-state index contributed by atoms with van der Waals surface area (Å²) in [6.45, 7) is 10.6. The molecule has 1 atom stereocenters. The summed E-state index contributed by atoms with van der Waals surface area (Å²) < 4.78 is 0. The first-order valence-corrected chi connectivity index (χ1v) is 8.01. The second-order valence-electron chi connectivity index (χ2n) is 5.56. The maximum atomic E-state index is 5.48. The van der Waals surface area contributed by atoms with E-state index < -0.39 is 0 Å². The number of likely N-dealkylation sites (tertiary alicyclic amines) is 1. The van der Waals surface area contributed by atoms with Crippen molar-refractivity contribution in [2.24, 2.45) is 5.73 Å². The third-order valence-corrected chi connectivity index (χ3v) is 4.31. The number of benzene rings is 1. The molecule has 21 heavy (non-hydrogen) atoms. The van der Waals surface area contributed by atoms with Crippen molar-refractivity contribution in [3.63, 3.8) is 0 Å². The fourth-order valence-corrected chi connectivity index (χ4v) is 3.16. The quantitative estimate of drug-likeness (QED) is 0.839. The van der Waals surface area contributed by atoms with Crippen molar-refractivity contribution >= 4 is 0 Å². The fourth-order valence-electron chi connectivity index (χ4n) is 3.16. The van der Waals surface area contributed by atoms with E-state index in [0.717, 1.165) is 25.2 Å². The zero-order valence-electron chi connectivity index (χ0n) is 13.3. The highest BCUT2D eigenvalue weighted by Crippen LogP contribution is 2.19. The van der Waals surface area contributed by atoms with E-state index in [1.807, 2.05) is 6.07 Å². The fraction of sp³-hybridized carbons (Fsp3) is 0.556. The number of rotatable bonds is 5. The van der Waals surface area contributed by atoms with Gasteiger partial charge in [-0.25, -0.2) is 0 Å². The Balaban J connectivity index is 2.00. The lowest BCUT2D eigenvalue weighted by Gasteiger charge is -2.26. The Morgan fingerprint density at radius 2 is 2.05 bits per heavy atom. The Morgan fingerprint density at radius 3 is 2.76 bits per heavy atom. The SMILES string of the molecule is CCN(CC)C1CCN(Cc2ccccc2C#CCN)C1. The summed E-state index contributed by atoms with van der Waals surface area (Å²) >= 11 is 0. The molecule has 114 valence electrons. The van der Waals surface area contributed by atoms with E-state index in [0.29, 0.717) is 12.6 Å². The van der Waals surface area contributed by atoms with Crippen LogP contribution in [0.15, 0.2) is 24.3 Å². The molecule has 1 fully saturated rings. The van der Waals surface area contributed by atoms with E-state index in [2.05, 4.69) is 53.7 Å². The van der Waals surface area contributed by atoms with Gasteiger partial charge in [0.1, 0.15) is 0 Å². The number of hydrogen-bond acceptors (Lipinski definition) is 3. The minimum absolute atomic E-state index is 0.419. The molecule has 3 nitrogen and oxygen atoms in total. The van der Waals surface area contributed by atoms with E-state index in [9.17, 15) is 0 Å². The predicted molar refractivity (Wildman–Crippen MR) is 89.0 cm³/mol. The van der Waals surface area contributed by atoms with Crippen molar-refractivity contribution in [1.82, 2.24) is 9.80 Å². The number of likely N-dealkylation sites (N-methyl/N-ethyl adjacent to an activating group) is 1. The molecule has 2 rings (SSSR count). The van der Waals surface area contributed by atoms with Crippen LogP contribution >= 0.6 is 0 Å². The Hall–Kier alpha value is -1.34. The molecule has 1 aromatic rings. The van der Waals surface area contributed by atoms with Gasteiger partial charge in [-0.05, 0) is 31.1 Å². The van der Waals surface area contributed by atoms with E-state index in [-0.39, 0.29) is 0 Å². The molecule has 0 amide bonds. The monoisotopic (exact) mass is 285 g/mol. The summed E-state index contributed by atoms with van der Waals surface area (Å²) in [7, 11) is 0. The Morgan fingerprint density at radius 1 is 1.29 bits per heavy atom. The third kappa shape index (κ3) is 4.31. The molecule has 1 aliphatic heterocycles. The van der Waals surface area contributed by atoms with Crippen LogP contribution in [-0.4, -0.2) is 48.6 Å². The Bertz CT molecular complexity index is 497. The molecule has 0 aromatic heterocycles. The van der Waals surface area contributed by atoms with Crippen LogP contribution < -0.4 is 5.73 Å². The highest BCUT2D eigenvalue weighted by atomic mass is 15.2. The summed E-state index contributed by atoms with van der Waals surface area (Å²) in [5.41, 5.74) is 7.92. The largest absolute Gasteiger partial charge is 0.320 e. The van der Waals surface area contributed by atoms with Crippen LogP contribution in [0.5, 0.6) is 0 Å². The maximum absolute atomic E-state index is 5.48. The van der Waals surface area contributed by atoms with Gasteiger partial charge in [0, 0.05) is 31.2 Å². The summed E-state index contributed by atoms with van der Waals surface area (Å²) in [5, 5.41) is 0. The van der Waals surface area contributed by atoms with Crippen molar-refractivity contribution in [1.29, 1.82) is 0 Å². The molecule has 2 N–H and O–H groups in total. The Labute approximate surface area is 129 Å². The second-order valence-corrected chi connectivity index (χ2v) is 5.56. The molecule has 1 saturated heterocycles. The normalized spacial score (nSPS) is 18.8. The molecular formula is C18H27N3. The smallest absolute Gasteiger partial charge is 0.0555 e. The van der Waals surface area contributed by atoms with Gasteiger partial charge >= 0.3 is 0 Å². The first-order valence-electron chi connectivity index (χ1n) is 8.01. The minimum atomic E-state index is 0.419. The molecule has 0 bridgehead atoms. The summed E-state index contributed by atoms with van der Waals surface area (Å²) in [5.74, 6) is 6.16. The third-order valence-electron chi connectivity index (χ3n) is 4.31. The molecular weight excluding hydrogens is 258 g/mol. The molecule has 1 aliphatic rings. The lowest BCUT2D eigenvalue weighted by molar-refractivity contribution is 0.209. The van der Waals surface area contributed by atoms with Crippen molar-refractivity contribution in [3.05, 3.63) is 35.4 Å². The highest BCUT2D eigenvalue weighted by molar-refractivity contribution is 5.41. The van der Waals surface area contributed by atoms with Gasteiger partial charge in [-0.1, -0.05) is 43.9 Å². The van der Waals surface area contributed by atoms with E-state index in [1.165, 1.54) is 25.1 Å². The van der Waals surface area contributed by atoms with Crippen molar-refractivity contribution < 1.29 is 0 Å². The summed E-state index contributed by atoms with van der Waals surface area (Å²) in [6, 6.07) is 9.14. The molecule has 3 heteroatoms. The highest BCUT2D eigenvalue weighted by Gasteiger charge is 2.26. The number of nitrogens with two attached hydrogens (primary N) is 1. The van der Waals surface area contributed by atoms with Crippen molar-refractivity contribution in [3.8, 4) is 11.8 Å². The van der Waals surface area contributed by atoms with Crippen molar-refractivity contribution in [2.45, 2.75) is 32.9 Å². The van der Waals surface area contributed by atoms with Gasteiger partial charge in [0.15, 0.2) is 0 Å². The van der Waals surface area contributed by atoms with Crippen LogP contribution in [0, 0.1) is 11.8 Å². The van der Waals surface area contributed by atoms with Gasteiger partial charge in [0.25, 0.3) is 0 Å². The zero-order chi connectivity index (χ0) is 15.1. The van der Waals surface area contributed by atoms with Crippen LogP contribution in [0.3, 0.4) is 0 Å². The maximum Gasteiger partial charge on any atom is 0.0555 e. The lowest BCUT2D eigenvalue weighted by atomic mass is 10.1. The van der Waals surface area contributed by atoms with Crippen LogP contribution in [0.25, 0.3) is 0 Å². The molecule has 0 saturated carbocycles. The zero-order valence-corrected chi connectivity index (χ0v) is 13.3. The average Bonchev–Trinajstić information content (AvgIpc) is 2.96. The van der Waals surface area contributed by atoms with Crippen LogP contribution in [0.1, 0.15) is 31.4 Å². The first kappa shape index (κ1) is 16.0. The van der Waals surface area contributed by atoms with Gasteiger partial charge in [-0.2, -0.15) is 0 Å². The molecule has 0 radical (unpaired) electrons. The van der Waals surface area contributed by atoms with Gasteiger partial charge in [-0.3, -0.25) is 9.80 Å². The molecule has 1 aromatic carbocycles. The minimum Gasteiger partial charge on any atom is -0.320 e. The molecule has 1 heterocycles. The van der Waals surface area contributed by atoms with Crippen LogP contribution in [0.2, 0.25) is 0 Å². The van der Waals surface area contributed by atoms with Gasteiger partial charge in [0.05, 0.1) is 6.54 Å². The standard InChI is InChI=1S/C18H27N3/c1-3-21(4-2)18-11-13-20(15-18)14-17-9-6-5-8-16(17)10-7-12-19/h5-6,8-9,18H,3-4,11-15,19H2,1-2H3. The van der Waals surface area contributed by atoms with Gasteiger partial charge in [0.2, 0.25) is 0 Å². The molecule has 1 unspecified atom stereocenters. The van der Waals surface area contributed by atoms with Crippen LogP contribution in [0.4, 0.5) is 0 Å². The number of nitrogens with zero attached hydrogens (tertiary/aromatic N) is 2. The van der Waals surface area contributed by atoms with E-state index in [4.69, 9.17) is 5.73 Å². The van der Waals surface area contributed by atoms with Crippen LogP contribution in [-0.2, 0) is 6.54 Å². The van der Waals surface area contributed by atoms with E-state index in [1.54, 1.807) is 0 Å². The van der Waals surface area contributed by atoms with Crippen molar-refractivity contribution in [2.75, 3.05) is 32.7 Å². The van der Waals surface area contributed by atoms with E-state index >= 15 is 0 Å². The number of hydrogen-bond donors (Lipinski definition) is 1. The first-order chi connectivity index (χ1) is 10.3. The topological polar surface area (TPSA) is 32.5 Å². The summed E-state index contributed by atoms with van der Waals surface area (Å²) in [4.78, 5) is 5.12. The Kier molecular flexibility index (Phi) is 6.25. The summed E-state index contributed by atoms with van der Waals surface area (Å²) in [6.07, 6.45) is 1.28. The molecule has 0 aliphatic carbocycles. The second kappa shape index (κ2) is 8.19.